The molecule has 0 bridgehead atoms. The highest BCUT2D eigenvalue weighted by molar-refractivity contribution is 6.24. The minimum absolute atomic E-state index is 0.855. The molecule has 8 aromatic carbocycles. The predicted molar refractivity (Wildman–Crippen MR) is 223 cm³/mol. The lowest BCUT2D eigenvalue weighted by Gasteiger charge is -2.09. The van der Waals surface area contributed by atoms with E-state index in [1.807, 2.05) is 6.07 Å². The first kappa shape index (κ1) is 29.3. The molecule has 252 valence electrons. The smallest absolute Gasteiger partial charge is 0.213 e. The van der Waals surface area contributed by atoms with Crippen LogP contribution < -0.4 is 0 Å². The number of hydrogen-bond donors (Lipinski definition) is 0. The molecule has 0 radical (unpaired) electrons. The lowest BCUT2D eigenvalue weighted by atomic mass is 9.97. The van der Waals surface area contributed by atoms with Gasteiger partial charge < -0.3 is 13.4 Å². The van der Waals surface area contributed by atoms with E-state index in [-0.39, 0.29) is 0 Å². The number of fused-ring (bicyclic) bond motifs is 11. The summed E-state index contributed by atoms with van der Waals surface area (Å²) in [6.07, 6.45) is 0. The lowest BCUT2D eigenvalue weighted by molar-refractivity contribution is 0.645. The highest BCUT2D eigenvalue weighted by Crippen LogP contribution is 2.44. The molecule has 0 aliphatic rings. The molecule has 4 heterocycles. The maximum Gasteiger partial charge on any atom is 0.213 e. The Morgan fingerprint density at radius 2 is 0.870 bits per heavy atom. The van der Waals surface area contributed by atoms with Crippen LogP contribution in [0, 0.1) is 0 Å². The SMILES string of the molecule is c1ccc(-n2c3ccccc3c3c4c(-c5ccc6oc7ccc(-c8ccc(-n9c%10ccccc%10c%10ccccc%109)cc8)cc7c6c5)cccc4oc32)cc1. The number of para-hydroxylation sites is 4. The summed E-state index contributed by atoms with van der Waals surface area (Å²) in [6.45, 7) is 0. The maximum atomic E-state index is 6.71. The van der Waals surface area contributed by atoms with Crippen molar-refractivity contribution in [3.05, 3.63) is 182 Å². The average Bonchev–Trinajstić information content (AvgIpc) is 3.98. The Bertz CT molecular complexity index is 3380. The molecule has 0 spiro atoms. The van der Waals surface area contributed by atoms with Gasteiger partial charge in [-0.1, -0.05) is 109 Å². The van der Waals surface area contributed by atoms with Gasteiger partial charge in [-0.15, -0.1) is 0 Å². The fourth-order valence-electron chi connectivity index (χ4n) is 8.74. The molecule has 0 saturated carbocycles. The van der Waals surface area contributed by atoms with Crippen LogP contribution in [0.3, 0.4) is 0 Å². The van der Waals surface area contributed by atoms with Crippen molar-refractivity contribution in [1.82, 2.24) is 9.13 Å². The Balaban J connectivity index is 0.993. The molecule has 0 amide bonds. The van der Waals surface area contributed by atoms with Crippen LogP contribution in [0.4, 0.5) is 0 Å². The molecule has 54 heavy (non-hydrogen) atoms. The van der Waals surface area contributed by atoms with Crippen molar-refractivity contribution in [3.8, 4) is 33.6 Å². The van der Waals surface area contributed by atoms with Crippen LogP contribution in [0.1, 0.15) is 0 Å². The number of hydrogen-bond acceptors (Lipinski definition) is 2. The Morgan fingerprint density at radius 3 is 1.57 bits per heavy atom. The number of nitrogens with zero attached hydrogens (tertiary/aromatic N) is 2. The molecule has 0 saturated heterocycles. The van der Waals surface area contributed by atoms with Gasteiger partial charge >= 0.3 is 0 Å². The number of aromatic nitrogens is 2. The van der Waals surface area contributed by atoms with Crippen molar-refractivity contribution in [2.24, 2.45) is 0 Å². The molecular formula is C50H30N2O2. The van der Waals surface area contributed by atoms with E-state index in [1.54, 1.807) is 0 Å². The summed E-state index contributed by atoms with van der Waals surface area (Å²) in [5.74, 6) is 0. The third kappa shape index (κ3) is 4.13. The summed E-state index contributed by atoms with van der Waals surface area (Å²) < 4.78 is 17.7. The van der Waals surface area contributed by atoms with Crippen molar-refractivity contribution >= 4 is 76.7 Å². The first-order chi connectivity index (χ1) is 26.8. The van der Waals surface area contributed by atoms with Gasteiger partial charge in [-0.25, -0.2) is 0 Å². The summed E-state index contributed by atoms with van der Waals surface area (Å²) >= 11 is 0. The molecular weight excluding hydrogens is 661 g/mol. The second-order valence-corrected chi connectivity index (χ2v) is 14.1. The van der Waals surface area contributed by atoms with E-state index >= 15 is 0 Å². The van der Waals surface area contributed by atoms with Crippen LogP contribution in [0.25, 0.3) is 110 Å². The first-order valence-corrected chi connectivity index (χ1v) is 18.3. The quantitative estimate of drug-likeness (QED) is 0.184. The lowest BCUT2D eigenvalue weighted by Crippen LogP contribution is -1.93. The zero-order valence-corrected chi connectivity index (χ0v) is 29.0. The Kier molecular flexibility index (Phi) is 6.02. The van der Waals surface area contributed by atoms with Crippen LogP contribution in [0.5, 0.6) is 0 Å². The van der Waals surface area contributed by atoms with E-state index in [4.69, 9.17) is 8.83 Å². The van der Waals surface area contributed by atoms with Crippen molar-refractivity contribution in [2.45, 2.75) is 0 Å². The van der Waals surface area contributed by atoms with Gasteiger partial charge in [0.25, 0.3) is 0 Å². The standard InChI is InChI=1S/C50H30N2O2/c1-2-11-34(12-3-1)52-44-19-9-6-15-39(44)49-48-36(16-10-20-47(48)54-50(49)52)33-24-28-46-41(30-33)40-29-32(23-27-45(40)53-46)31-21-25-35(26-22-31)51-42-17-7-4-13-37(42)38-14-5-8-18-43(38)51/h1-30H. The molecule has 4 aromatic heterocycles. The van der Waals surface area contributed by atoms with Crippen molar-refractivity contribution in [2.75, 3.05) is 0 Å². The van der Waals surface area contributed by atoms with Crippen LogP contribution in [0.2, 0.25) is 0 Å². The maximum absolute atomic E-state index is 6.71. The zero-order valence-electron chi connectivity index (χ0n) is 29.0. The third-order valence-electron chi connectivity index (χ3n) is 11.1. The molecule has 0 aliphatic heterocycles. The van der Waals surface area contributed by atoms with Gasteiger partial charge in [-0.3, -0.25) is 4.57 Å². The zero-order chi connectivity index (χ0) is 35.3. The van der Waals surface area contributed by atoms with E-state index < -0.39 is 0 Å². The Hall–Kier alpha value is -7.30. The normalized spacial score (nSPS) is 12.1. The van der Waals surface area contributed by atoms with Gasteiger partial charge in [-0.05, 0) is 95.1 Å². The molecule has 0 aliphatic carbocycles. The summed E-state index contributed by atoms with van der Waals surface area (Å²) in [4.78, 5) is 0. The van der Waals surface area contributed by atoms with Gasteiger partial charge in [-0.2, -0.15) is 0 Å². The Morgan fingerprint density at radius 1 is 0.315 bits per heavy atom. The molecule has 4 nitrogen and oxygen atoms in total. The van der Waals surface area contributed by atoms with Gasteiger partial charge in [0.15, 0.2) is 0 Å². The monoisotopic (exact) mass is 690 g/mol. The number of rotatable bonds is 4. The van der Waals surface area contributed by atoms with Gasteiger partial charge in [0.2, 0.25) is 5.71 Å². The number of furan rings is 2. The highest BCUT2D eigenvalue weighted by atomic mass is 16.3. The third-order valence-corrected chi connectivity index (χ3v) is 11.1. The van der Waals surface area contributed by atoms with Crippen molar-refractivity contribution in [3.63, 3.8) is 0 Å². The molecule has 0 N–H and O–H groups in total. The first-order valence-electron chi connectivity index (χ1n) is 18.3. The fourth-order valence-corrected chi connectivity index (χ4v) is 8.74. The topological polar surface area (TPSA) is 36.1 Å². The summed E-state index contributed by atoms with van der Waals surface area (Å²) in [7, 11) is 0. The summed E-state index contributed by atoms with van der Waals surface area (Å²) in [5.41, 5.74) is 13.8. The summed E-state index contributed by atoms with van der Waals surface area (Å²) in [6, 6.07) is 64.7. The number of benzene rings is 8. The van der Waals surface area contributed by atoms with Crippen LogP contribution >= 0.6 is 0 Å². The molecule has 4 heteroatoms. The average molecular weight is 691 g/mol. The van der Waals surface area contributed by atoms with E-state index in [1.165, 1.54) is 27.2 Å². The molecule has 0 fully saturated rings. The Labute approximate surface area is 309 Å². The van der Waals surface area contributed by atoms with E-state index in [0.717, 1.165) is 83.2 Å². The molecule has 0 atom stereocenters. The summed E-state index contributed by atoms with van der Waals surface area (Å²) in [5, 5.41) is 8.14. The minimum Gasteiger partial charge on any atom is -0.456 e. The largest absolute Gasteiger partial charge is 0.456 e. The fraction of sp³-hybridized carbons (Fsp3) is 0. The van der Waals surface area contributed by atoms with E-state index in [2.05, 4.69) is 185 Å². The van der Waals surface area contributed by atoms with Crippen LogP contribution in [-0.2, 0) is 0 Å². The molecule has 12 aromatic rings. The van der Waals surface area contributed by atoms with E-state index in [0.29, 0.717) is 0 Å². The van der Waals surface area contributed by atoms with Crippen molar-refractivity contribution in [1.29, 1.82) is 0 Å². The van der Waals surface area contributed by atoms with Gasteiger partial charge in [0.05, 0.1) is 21.9 Å². The van der Waals surface area contributed by atoms with Gasteiger partial charge in [0, 0.05) is 43.7 Å². The van der Waals surface area contributed by atoms with E-state index in [9.17, 15) is 0 Å². The molecule has 0 unspecified atom stereocenters. The molecule has 12 rings (SSSR count). The predicted octanol–water partition coefficient (Wildman–Crippen LogP) is 13.9. The second kappa shape index (κ2) is 11.1. The van der Waals surface area contributed by atoms with Crippen molar-refractivity contribution < 1.29 is 8.83 Å². The van der Waals surface area contributed by atoms with Crippen LogP contribution in [0.15, 0.2) is 191 Å². The van der Waals surface area contributed by atoms with Gasteiger partial charge in [0.1, 0.15) is 16.7 Å². The van der Waals surface area contributed by atoms with Crippen LogP contribution in [-0.4, -0.2) is 9.13 Å². The second-order valence-electron chi connectivity index (χ2n) is 14.1. The minimum atomic E-state index is 0.855. The highest BCUT2D eigenvalue weighted by Gasteiger charge is 2.22.